The van der Waals surface area contributed by atoms with Gasteiger partial charge >= 0.3 is 5.97 Å². The van der Waals surface area contributed by atoms with Gasteiger partial charge in [-0.05, 0) is 36.8 Å². The van der Waals surface area contributed by atoms with Gasteiger partial charge in [0.1, 0.15) is 18.0 Å². The number of thiazole rings is 1. The number of hydrogen-bond acceptors (Lipinski definition) is 8. The first kappa shape index (κ1) is 38.2. The Morgan fingerprint density at radius 2 is 1.80 bits per heavy atom. The Morgan fingerprint density at radius 1 is 1.12 bits per heavy atom. The number of carboxylic acids is 1. The van der Waals surface area contributed by atoms with Crippen molar-refractivity contribution < 1.29 is 38.5 Å². The van der Waals surface area contributed by atoms with Gasteiger partial charge in [0.15, 0.2) is 5.79 Å². The maximum Gasteiger partial charge on any atom is 0.303 e. The standard InChI is InChI=1S/C36H51FN4O7S/c1-25-32(49-22-38-25)26-13-14-27(29(18-26)48-17-11-9-7-5-6-8-10-12-31(45)46)20-39(23-42)30-19-28(44)21-40(30)34(47)33(35(2,3)4)41(24-43)36(37)15-16-36/h13-14,18,22-24,28,30,33,44H,5-12,15-17,19-21H2,1-4H3,(H,45,46)/t28-,30+,33-/m1/s1. The first-order valence-corrected chi connectivity index (χ1v) is 18.2. The van der Waals surface area contributed by atoms with Crippen LogP contribution in [0.3, 0.4) is 0 Å². The number of carbonyl (C=O) groups excluding carboxylic acids is 3. The average molecular weight is 703 g/mol. The smallest absolute Gasteiger partial charge is 0.303 e. The maximum absolute atomic E-state index is 15.3. The highest BCUT2D eigenvalue weighted by Gasteiger charge is 2.56. The zero-order valence-electron chi connectivity index (χ0n) is 29.1. The van der Waals surface area contributed by atoms with Crippen LogP contribution >= 0.6 is 11.3 Å². The number of carbonyl (C=O) groups is 4. The zero-order chi connectivity index (χ0) is 35.8. The molecule has 2 aromatic rings. The Hall–Kier alpha value is -3.58. The van der Waals surface area contributed by atoms with Crippen LogP contribution in [-0.2, 0) is 25.7 Å². The largest absolute Gasteiger partial charge is 0.493 e. The summed E-state index contributed by atoms with van der Waals surface area (Å²) in [5.41, 5.74) is 3.54. The lowest BCUT2D eigenvalue weighted by molar-refractivity contribution is -0.157. The lowest BCUT2D eigenvalue weighted by Gasteiger charge is -2.43. The number of carboxylic acid groups (broad SMARTS) is 1. The van der Waals surface area contributed by atoms with Crippen LogP contribution in [0.15, 0.2) is 23.7 Å². The number of aryl methyl sites for hydroxylation is 1. The van der Waals surface area contributed by atoms with Crippen LogP contribution in [0.4, 0.5) is 4.39 Å². The number of amides is 3. The number of aliphatic hydroxyl groups excluding tert-OH is 1. The summed E-state index contributed by atoms with van der Waals surface area (Å²) < 4.78 is 21.6. The van der Waals surface area contributed by atoms with Crippen molar-refractivity contribution in [3.05, 3.63) is 35.0 Å². The fraction of sp³-hybridized carbons (Fsp3) is 0.639. The molecule has 2 aliphatic rings. The molecule has 3 amide bonds. The number of aliphatic carboxylic acids is 1. The van der Waals surface area contributed by atoms with E-state index in [1.165, 1.54) is 21.1 Å². The third kappa shape index (κ3) is 10.00. The van der Waals surface area contributed by atoms with Crippen molar-refractivity contribution >= 4 is 36.0 Å². The first-order valence-electron chi connectivity index (χ1n) is 17.3. The summed E-state index contributed by atoms with van der Waals surface area (Å²) in [6.07, 6.45) is 6.47. The van der Waals surface area contributed by atoms with E-state index in [0.29, 0.717) is 31.6 Å². The van der Waals surface area contributed by atoms with Crippen molar-refractivity contribution in [3.63, 3.8) is 0 Å². The Labute approximate surface area is 292 Å². The van der Waals surface area contributed by atoms with Crippen LogP contribution in [0.1, 0.15) is 103 Å². The SMILES string of the molecule is Cc1ncsc1-c1ccc(CN(C=O)[C@@H]2C[C@@H](O)CN2C(=O)[C@@H](N(C=O)C2(F)CC2)C(C)(C)C)c(OCCCCCCCCCC(=O)O)c1. The molecule has 1 aliphatic heterocycles. The number of hydrogen-bond donors (Lipinski definition) is 2. The first-order chi connectivity index (χ1) is 23.3. The quantitative estimate of drug-likeness (QED) is 0.0986. The van der Waals surface area contributed by atoms with E-state index in [0.717, 1.165) is 65.1 Å². The number of aromatic nitrogens is 1. The van der Waals surface area contributed by atoms with Gasteiger partial charge in [-0.1, -0.05) is 65.0 Å². The molecule has 4 rings (SSSR count). The molecular weight excluding hydrogens is 651 g/mol. The third-order valence-electron chi connectivity index (χ3n) is 9.34. The third-order valence-corrected chi connectivity index (χ3v) is 10.3. The molecule has 2 fully saturated rings. The normalized spacial score (nSPS) is 18.9. The molecule has 3 atom stereocenters. The van der Waals surface area contributed by atoms with Crippen LogP contribution in [0.25, 0.3) is 10.4 Å². The van der Waals surface area contributed by atoms with Gasteiger partial charge in [-0.25, -0.2) is 9.37 Å². The van der Waals surface area contributed by atoms with Crippen molar-refractivity contribution in [1.82, 2.24) is 19.7 Å². The van der Waals surface area contributed by atoms with Gasteiger partial charge in [-0.15, -0.1) is 11.3 Å². The molecular formula is C36H51FN4O7S. The molecule has 49 heavy (non-hydrogen) atoms. The summed E-state index contributed by atoms with van der Waals surface area (Å²) in [6, 6.07) is 4.68. The molecule has 11 nitrogen and oxygen atoms in total. The molecule has 270 valence electrons. The molecule has 0 bridgehead atoms. The Balaban J connectivity index is 1.49. The second kappa shape index (κ2) is 16.9. The minimum Gasteiger partial charge on any atom is -0.493 e. The number of benzene rings is 1. The van der Waals surface area contributed by atoms with Crippen LogP contribution in [0.2, 0.25) is 0 Å². The highest BCUT2D eigenvalue weighted by Crippen LogP contribution is 2.46. The maximum atomic E-state index is 15.3. The minimum atomic E-state index is -1.88. The molecule has 2 heterocycles. The van der Waals surface area contributed by atoms with Crippen molar-refractivity contribution in [3.8, 4) is 16.2 Å². The lowest BCUT2D eigenvalue weighted by Crippen LogP contribution is -2.60. The molecule has 0 unspecified atom stereocenters. The van der Waals surface area contributed by atoms with E-state index in [9.17, 15) is 24.3 Å². The van der Waals surface area contributed by atoms with Gasteiger partial charge in [0.05, 0.1) is 35.3 Å². The highest BCUT2D eigenvalue weighted by atomic mass is 32.1. The molecule has 13 heteroatoms. The van der Waals surface area contributed by atoms with Gasteiger partial charge in [0, 0.05) is 37.8 Å². The highest BCUT2D eigenvalue weighted by molar-refractivity contribution is 7.13. The number of likely N-dealkylation sites (tertiary alicyclic amines) is 1. The molecule has 1 aromatic carbocycles. The summed E-state index contributed by atoms with van der Waals surface area (Å²) in [6.45, 7) is 7.78. The van der Waals surface area contributed by atoms with E-state index < -0.39 is 41.4 Å². The van der Waals surface area contributed by atoms with Crippen LogP contribution in [-0.4, -0.2) is 91.8 Å². The fourth-order valence-corrected chi connectivity index (χ4v) is 7.35. The molecule has 0 spiro atoms. The van der Waals surface area contributed by atoms with Crippen molar-refractivity contribution in [2.75, 3.05) is 13.2 Å². The topological polar surface area (TPSA) is 141 Å². The number of β-amino-alcohol motifs (C(OH)–C–C–N with tert-alkyl or cyclic N) is 1. The summed E-state index contributed by atoms with van der Waals surface area (Å²) in [5.74, 6) is -2.53. The molecule has 1 aromatic heterocycles. The molecule has 1 saturated carbocycles. The second-order valence-electron chi connectivity index (χ2n) is 14.4. The monoisotopic (exact) mass is 702 g/mol. The predicted molar refractivity (Wildman–Crippen MR) is 184 cm³/mol. The average Bonchev–Trinajstić information content (AvgIpc) is 3.44. The van der Waals surface area contributed by atoms with E-state index in [2.05, 4.69) is 4.98 Å². The van der Waals surface area contributed by atoms with Gasteiger partial charge in [0.25, 0.3) is 0 Å². The number of rotatable bonds is 20. The van der Waals surface area contributed by atoms with Gasteiger partial charge in [-0.2, -0.15) is 0 Å². The number of unbranched alkanes of at least 4 members (excludes halogenated alkanes) is 6. The van der Waals surface area contributed by atoms with Gasteiger partial charge in [-0.3, -0.25) is 24.1 Å². The molecule has 1 saturated heterocycles. The summed E-state index contributed by atoms with van der Waals surface area (Å²) >= 11 is 1.53. The van der Waals surface area contributed by atoms with Crippen LogP contribution < -0.4 is 4.74 Å². The summed E-state index contributed by atoms with van der Waals surface area (Å²) in [5, 5.41) is 19.5. The summed E-state index contributed by atoms with van der Waals surface area (Å²) in [4.78, 5) is 58.9. The van der Waals surface area contributed by atoms with Crippen LogP contribution in [0.5, 0.6) is 5.75 Å². The van der Waals surface area contributed by atoms with Crippen molar-refractivity contribution in [2.45, 2.75) is 129 Å². The Kier molecular flexibility index (Phi) is 13.2. The van der Waals surface area contributed by atoms with E-state index in [-0.39, 0.29) is 38.8 Å². The molecule has 2 N–H and O–H groups in total. The van der Waals surface area contributed by atoms with Crippen molar-refractivity contribution in [2.24, 2.45) is 5.41 Å². The predicted octanol–water partition coefficient (Wildman–Crippen LogP) is 5.91. The summed E-state index contributed by atoms with van der Waals surface area (Å²) in [7, 11) is 0. The van der Waals surface area contributed by atoms with Gasteiger partial charge < -0.3 is 24.7 Å². The van der Waals surface area contributed by atoms with E-state index in [1.807, 2.05) is 25.1 Å². The van der Waals surface area contributed by atoms with Gasteiger partial charge in [0.2, 0.25) is 18.7 Å². The lowest BCUT2D eigenvalue weighted by atomic mass is 9.84. The number of ether oxygens (including phenoxy) is 1. The van der Waals surface area contributed by atoms with Crippen molar-refractivity contribution in [1.29, 1.82) is 0 Å². The Morgan fingerprint density at radius 3 is 2.37 bits per heavy atom. The second-order valence-corrected chi connectivity index (χ2v) is 15.2. The number of alkyl halides is 1. The van der Waals surface area contributed by atoms with Crippen LogP contribution in [0, 0.1) is 12.3 Å². The number of halogens is 1. The zero-order valence-corrected chi connectivity index (χ0v) is 29.9. The van der Waals surface area contributed by atoms with E-state index >= 15 is 4.39 Å². The molecule has 0 radical (unpaired) electrons. The molecule has 1 aliphatic carbocycles. The van der Waals surface area contributed by atoms with E-state index in [1.54, 1.807) is 26.3 Å². The van der Waals surface area contributed by atoms with E-state index in [4.69, 9.17) is 9.84 Å². The number of aliphatic hydroxyl groups is 1. The minimum absolute atomic E-state index is 0.0427. The Bertz CT molecular complexity index is 1440. The number of nitrogens with zero attached hydrogens (tertiary/aromatic N) is 4. The fourth-order valence-electron chi connectivity index (χ4n) is 6.55.